The summed E-state index contributed by atoms with van der Waals surface area (Å²) in [4.78, 5) is 24.1. The first-order valence-corrected chi connectivity index (χ1v) is 8.62. The number of rotatable bonds is 7. The summed E-state index contributed by atoms with van der Waals surface area (Å²) >= 11 is 6.36. The number of nitrogens with one attached hydrogen (secondary N) is 1. The third-order valence-corrected chi connectivity index (χ3v) is 4.75. The van der Waals surface area contributed by atoms with Crippen LogP contribution in [0.25, 0.3) is 0 Å². The molecule has 0 spiro atoms. The minimum Gasteiger partial charge on any atom is -0.466 e. The standard InChI is InChI=1S/C18H24ClNO3/c1-2-23-17(22)10-12-20-13-18(11-6-5-9-16(18)21)14-7-3-4-8-15(14)19/h3-4,7-8,20H,2,5-6,9-13H2,1H3. The van der Waals surface area contributed by atoms with Crippen molar-refractivity contribution >= 4 is 23.4 Å². The molecule has 5 heteroatoms. The van der Waals surface area contributed by atoms with Crippen molar-refractivity contribution in [1.82, 2.24) is 5.32 Å². The van der Waals surface area contributed by atoms with Gasteiger partial charge < -0.3 is 10.1 Å². The summed E-state index contributed by atoms with van der Waals surface area (Å²) in [5.41, 5.74) is 0.320. The molecule has 0 heterocycles. The molecule has 0 bridgehead atoms. The van der Waals surface area contributed by atoms with Gasteiger partial charge in [0.1, 0.15) is 5.78 Å². The third kappa shape index (κ3) is 4.33. The van der Waals surface area contributed by atoms with Crippen molar-refractivity contribution in [2.75, 3.05) is 19.7 Å². The highest BCUT2D eigenvalue weighted by atomic mass is 35.5. The van der Waals surface area contributed by atoms with Crippen LogP contribution in [0.3, 0.4) is 0 Å². The summed E-state index contributed by atoms with van der Waals surface area (Å²) in [7, 11) is 0. The van der Waals surface area contributed by atoms with Crippen LogP contribution in [0.4, 0.5) is 0 Å². The highest BCUT2D eigenvalue weighted by molar-refractivity contribution is 6.31. The molecule has 1 N–H and O–H groups in total. The van der Waals surface area contributed by atoms with Crippen LogP contribution < -0.4 is 5.32 Å². The van der Waals surface area contributed by atoms with Crippen LogP contribution >= 0.6 is 11.6 Å². The molecule has 1 aromatic rings. The van der Waals surface area contributed by atoms with Gasteiger partial charge in [0.25, 0.3) is 0 Å². The van der Waals surface area contributed by atoms with Crippen LogP contribution in [0.15, 0.2) is 24.3 Å². The van der Waals surface area contributed by atoms with E-state index in [2.05, 4.69) is 5.32 Å². The predicted octanol–water partition coefficient (Wildman–Crippen LogP) is 3.26. The molecule has 1 aliphatic rings. The maximum Gasteiger partial charge on any atom is 0.307 e. The maximum atomic E-state index is 12.7. The average Bonchev–Trinajstić information content (AvgIpc) is 2.54. The first kappa shape index (κ1) is 18.0. The molecule has 2 rings (SSSR count). The lowest BCUT2D eigenvalue weighted by molar-refractivity contribution is -0.142. The summed E-state index contributed by atoms with van der Waals surface area (Å²) in [6.07, 6.45) is 3.64. The van der Waals surface area contributed by atoms with E-state index in [1.807, 2.05) is 24.3 Å². The highest BCUT2D eigenvalue weighted by Gasteiger charge is 2.42. The molecule has 1 unspecified atom stereocenters. The number of carbonyl (C=O) groups is 2. The van der Waals surface area contributed by atoms with Gasteiger partial charge in [0.15, 0.2) is 0 Å². The van der Waals surface area contributed by atoms with E-state index < -0.39 is 5.41 Å². The van der Waals surface area contributed by atoms with E-state index in [1.54, 1.807) is 6.92 Å². The van der Waals surface area contributed by atoms with Crippen LogP contribution in [-0.2, 0) is 19.7 Å². The molecular formula is C18H24ClNO3. The second kappa shape index (κ2) is 8.46. The van der Waals surface area contributed by atoms with Crippen LogP contribution in [0.2, 0.25) is 5.02 Å². The van der Waals surface area contributed by atoms with Crippen molar-refractivity contribution in [3.05, 3.63) is 34.9 Å². The van der Waals surface area contributed by atoms with Crippen molar-refractivity contribution in [3.63, 3.8) is 0 Å². The Labute approximate surface area is 142 Å². The second-order valence-corrected chi connectivity index (χ2v) is 6.33. The van der Waals surface area contributed by atoms with Gasteiger partial charge in [0, 0.05) is 24.5 Å². The first-order chi connectivity index (χ1) is 11.1. The summed E-state index contributed by atoms with van der Waals surface area (Å²) < 4.78 is 4.92. The zero-order chi connectivity index (χ0) is 16.7. The van der Waals surface area contributed by atoms with Gasteiger partial charge in [0.05, 0.1) is 18.4 Å². The number of Topliss-reactive ketones (excluding diaryl/α,β-unsaturated/α-hetero) is 1. The number of hydrogen-bond donors (Lipinski definition) is 1. The molecule has 0 saturated heterocycles. The van der Waals surface area contributed by atoms with Gasteiger partial charge in [-0.25, -0.2) is 0 Å². The molecule has 23 heavy (non-hydrogen) atoms. The molecule has 0 radical (unpaired) electrons. The summed E-state index contributed by atoms with van der Waals surface area (Å²) in [5.74, 6) is 0.0160. The van der Waals surface area contributed by atoms with Crippen LogP contribution in [-0.4, -0.2) is 31.4 Å². The fourth-order valence-electron chi connectivity index (χ4n) is 3.23. The minimum absolute atomic E-state index is 0.221. The lowest BCUT2D eigenvalue weighted by Crippen LogP contribution is -2.47. The van der Waals surface area contributed by atoms with Crippen molar-refractivity contribution in [1.29, 1.82) is 0 Å². The number of benzene rings is 1. The number of ketones is 1. The van der Waals surface area contributed by atoms with E-state index >= 15 is 0 Å². The summed E-state index contributed by atoms with van der Waals surface area (Å²) in [6, 6.07) is 7.57. The normalized spacial score (nSPS) is 21.2. The van der Waals surface area contributed by atoms with Crippen LogP contribution in [0, 0.1) is 0 Å². The van der Waals surface area contributed by atoms with Crippen molar-refractivity contribution in [3.8, 4) is 0 Å². The Morgan fingerprint density at radius 3 is 2.83 bits per heavy atom. The Morgan fingerprint density at radius 2 is 2.13 bits per heavy atom. The van der Waals surface area contributed by atoms with Crippen LogP contribution in [0.1, 0.15) is 44.6 Å². The number of esters is 1. The SMILES string of the molecule is CCOC(=O)CCNCC1(c2ccccc2Cl)CCCCC1=O. The quantitative estimate of drug-likeness (QED) is 0.613. The summed E-state index contributed by atoms with van der Waals surface area (Å²) in [5, 5.41) is 3.90. The molecule has 1 aliphatic carbocycles. The van der Waals surface area contributed by atoms with Crippen LogP contribution in [0.5, 0.6) is 0 Å². The first-order valence-electron chi connectivity index (χ1n) is 8.25. The van der Waals surface area contributed by atoms with Gasteiger partial charge in [-0.3, -0.25) is 9.59 Å². The van der Waals surface area contributed by atoms with E-state index in [-0.39, 0.29) is 11.8 Å². The monoisotopic (exact) mass is 337 g/mol. The molecule has 0 aliphatic heterocycles. The highest BCUT2D eigenvalue weighted by Crippen LogP contribution is 2.39. The number of ether oxygens (including phenoxy) is 1. The zero-order valence-corrected chi connectivity index (χ0v) is 14.3. The molecule has 0 amide bonds. The largest absolute Gasteiger partial charge is 0.466 e. The van der Waals surface area contributed by atoms with Crippen molar-refractivity contribution in [2.24, 2.45) is 0 Å². The number of carbonyl (C=O) groups excluding carboxylic acids is 2. The molecule has 0 aromatic heterocycles. The van der Waals surface area contributed by atoms with Gasteiger partial charge in [-0.15, -0.1) is 0 Å². The average molecular weight is 338 g/mol. The smallest absolute Gasteiger partial charge is 0.307 e. The molecular weight excluding hydrogens is 314 g/mol. The Balaban J connectivity index is 2.08. The Hall–Kier alpha value is -1.39. The number of halogens is 1. The maximum absolute atomic E-state index is 12.7. The second-order valence-electron chi connectivity index (χ2n) is 5.92. The molecule has 1 saturated carbocycles. The Morgan fingerprint density at radius 1 is 1.35 bits per heavy atom. The topological polar surface area (TPSA) is 55.4 Å². The van der Waals surface area contributed by atoms with Gasteiger partial charge in [-0.2, -0.15) is 0 Å². The van der Waals surface area contributed by atoms with E-state index in [0.29, 0.717) is 37.6 Å². The zero-order valence-electron chi connectivity index (χ0n) is 13.6. The molecule has 1 aromatic carbocycles. The van der Waals surface area contributed by atoms with E-state index in [0.717, 1.165) is 24.8 Å². The van der Waals surface area contributed by atoms with Crippen molar-refractivity contribution in [2.45, 2.75) is 44.4 Å². The lowest BCUT2D eigenvalue weighted by atomic mass is 9.68. The van der Waals surface area contributed by atoms with E-state index in [4.69, 9.17) is 16.3 Å². The molecule has 1 atom stereocenters. The Kier molecular flexibility index (Phi) is 6.60. The fourth-order valence-corrected chi connectivity index (χ4v) is 3.55. The summed E-state index contributed by atoms with van der Waals surface area (Å²) in [6.45, 7) is 3.19. The van der Waals surface area contributed by atoms with Crippen molar-refractivity contribution < 1.29 is 14.3 Å². The molecule has 126 valence electrons. The lowest BCUT2D eigenvalue weighted by Gasteiger charge is -2.37. The Bertz CT molecular complexity index is 561. The molecule has 1 fully saturated rings. The van der Waals surface area contributed by atoms with Gasteiger partial charge in [-0.05, 0) is 31.4 Å². The van der Waals surface area contributed by atoms with E-state index in [1.165, 1.54) is 0 Å². The van der Waals surface area contributed by atoms with Gasteiger partial charge in [0.2, 0.25) is 0 Å². The van der Waals surface area contributed by atoms with Gasteiger partial charge in [-0.1, -0.05) is 36.2 Å². The predicted molar refractivity (Wildman–Crippen MR) is 90.7 cm³/mol. The minimum atomic E-state index is -0.578. The number of hydrogen-bond acceptors (Lipinski definition) is 4. The third-order valence-electron chi connectivity index (χ3n) is 4.42. The fraction of sp³-hybridized carbons (Fsp3) is 0.556. The van der Waals surface area contributed by atoms with E-state index in [9.17, 15) is 9.59 Å². The molecule has 4 nitrogen and oxygen atoms in total. The van der Waals surface area contributed by atoms with Gasteiger partial charge >= 0.3 is 5.97 Å².